The van der Waals surface area contributed by atoms with Gasteiger partial charge in [-0.25, -0.2) is 9.78 Å². The van der Waals surface area contributed by atoms with Gasteiger partial charge in [-0.1, -0.05) is 0 Å². The third kappa shape index (κ3) is 4.05. The Bertz CT molecular complexity index is 503. The Balaban J connectivity index is 1.47. The SMILES string of the molecule is O=C(NCCc1cn2c(n1)CCCC2)N1CCCCC1CCO. The number of rotatable bonds is 5. The highest BCUT2D eigenvalue weighted by molar-refractivity contribution is 5.74. The lowest BCUT2D eigenvalue weighted by Gasteiger charge is -2.35. The molecule has 2 aliphatic rings. The van der Waals surface area contributed by atoms with Gasteiger partial charge in [0.15, 0.2) is 0 Å². The van der Waals surface area contributed by atoms with Gasteiger partial charge in [0.05, 0.1) is 5.69 Å². The first-order valence-electron chi connectivity index (χ1n) is 8.98. The van der Waals surface area contributed by atoms with Crippen LogP contribution in [0.25, 0.3) is 0 Å². The number of aromatic nitrogens is 2. The van der Waals surface area contributed by atoms with E-state index in [9.17, 15) is 4.79 Å². The van der Waals surface area contributed by atoms with Crippen LogP contribution < -0.4 is 5.32 Å². The molecule has 0 bridgehead atoms. The summed E-state index contributed by atoms with van der Waals surface area (Å²) in [6.45, 7) is 2.65. The Kier molecular flexibility index (Phi) is 5.54. The number of piperidine rings is 1. The van der Waals surface area contributed by atoms with Crippen LogP contribution >= 0.6 is 0 Å². The summed E-state index contributed by atoms with van der Waals surface area (Å²) in [7, 11) is 0. The maximum atomic E-state index is 12.4. The summed E-state index contributed by atoms with van der Waals surface area (Å²) in [6.07, 6.45) is 10.3. The van der Waals surface area contributed by atoms with Crippen molar-refractivity contribution in [2.75, 3.05) is 19.7 Å². The van der Waals surface area contributed by atoms with Gasteiger partial charge in [0.2, 0.25) is 0 Å². The third-order valence-corrected chi connectivity index (χ3v) is 4.97. The molecule has 3 heterocycles. The zero-order valence-electron chi connectivity index (χ0n) is 13.8. The molecule has 0 spiro atoms. The molecule has 128 valence electrons. The number of likely N-dealkylation sites (tertiary alicyclic amines) is 1. The van der Waals surface area contributed by atoms with Crippen LogP contribution in [-0.2, 0) is 19.4 Å². The molecule has 1 aromatic rings. The molecular formula is C17H28N4O2. The van der Waals surface area contributed by atoms with Crippen molar-refractivity contribution in [1.29, 1.82) is 0 Å². The van der Waals surface area contributed by atoms with Crippen molar-refractivity contribution in [2.45, 2.75) is 64.0 Å². The monoisotopic (exact) mass is 320 g/mol. The van der Waals surface area contributed by atoms with Gasteiger partial charge in [-0.2, -0.15) is 0 Å². The first-order valence-corrected chi connectivity index (χ1v) is 8.98. The van der Waals surface area contributed by atoms with Crippen molar-refractivity contribution in [3.8, 4) is 0 Å². The van der Waals surface area contributed by atoms with Crippen LogP contribution in [0, 0.1) is 0 Å². The maximum absolute atomic E-state index is 12.4. The molecule has 0 aliphatic carbocycles. The first kappa shape index (κ1) is 16.3. The average Bonchev–Trinajstić information content (AvgIpc) is 2.98. The molecule has 3 rings (SSSR count). The number of aliphatic hydroxyl groups is 1. The Hall–Kier alpha value is -1.56. The van der Waals surface area contributed by atoms with E-state index in [1.807, 2.05) is 4.90 Å². The fourth-order valence-corrected chi connectivity index (χ4v) is 3.71. The summed E-state index contributed by atoms with van der Waals surface area (Å²) >= 11 is 0. The molecule has 2 aliphatic heterocycles. The Labute approximate surface area is 137 Å². The van der Waals surface area contributed by atoms with E-state index in [0.29, 0.717) is 13.0 Å². The number of carbonyl (C=O) groups is 1. The highest BCUT2D eigenvalue weighted by Crippen LogP contribution is 2.19. The van der Waals surface area contributed by atoms with Crippen molar-refractivity contribution < 1.29 is 9.90 Å². The lowest BCUT2D eigenvalue weighted by atomic mass is 10.0. The lowest BCUT2D eigenvalue weighted by Crippen LogP contribution is -2.49. The van der Waals surface area contributed by atoms with Crippen molar-refractivity contribution in [2.24, 2.45) is 0 Å². The van der Waals surface area contributed by atoms with Gasteiger partial charge in [0, 0.05) is 51.3 Å². The maximum Gasteiger partial charge on any atom is 0.317 e. The summed E-state index contributed by atoms with van der Waals surface area (Å²) in [5.74, 6) is 1.19. The molecule has 0 saturated carbocycles. The summed E-state index contributed by atoms with van der Waals surface area (Å²) < 4.78 is 2.25. The van der Waals surface area contributed by atoms with Crippen LogP contribution in [-0.4, -0.2) is 51.3 Å². The number of nitrogens with one attached hydrogen (secondary N) is 1. The number of hydrogen-bond acceptors (Lipinski definition) is 3. The van der Waals surface area contributed by atoms with Gasteiger partial charge in [-0.05, 0) is 38.5 Å². The van der Waals surface area contributed by atoms with Crippen molar-refractivity contribution in [3.05, 3.63) is 17.7 Å². The van der Waals surface area contributed by atoms with Gasteiger partial charge < -0.3 is 19.9 Å². The number of fused-ring (bicyclic) bond motifs is 1. The molecule has 0 aromatic carbocycles. The van der Waals surface area contributed by atoms with Gasteiger partial charge in [0.1, 0.15) is 5.82 Å². The number of amides is 2. The quantitative estimate of drug-likeness (QED) is 0.867. The molecule has 2 N–H and O–H groups in total. The van der Waals surface area contributed by atoms with Crippen LogP contribution in [0.5, 0.6) is 0 Å². The number of carbonyl (C=O) groups excluding carboxylic acids is 1. The summed E-state index contributed by atoms with van der Waals surface area (Å²) in [4.78, 5) is 18.9. The topological polar surface area (TPSA) is 70.4 Å². The molecule has 1 fully saturated rings. The largest absolute Gasteiger partial charge is 0.396 e. The number of aryl methyl sites for hydroxylation is 2. The molecule has 6 nitrogen and oxygen atoms in total. The predicted molar refractivity (Wildman–Crippen MR) is 88.3 cm³/mol. The molecule has 1 atom stereocenters. The minimum absolute atomic E-state index is 0.00659. The van der Waals surface area contributed by atoms with Crippen LogP contribution in [0.2, 0.25) is 0 Å². The second-order valence-electron chi connectivity index (χ2n) is 6.64. The summed E-state index contributed by atoms with van der Waals surface area (Å²) in [5.41, 5.74) is 1.08. The fourth-order valence-electron chi connectivity index (χ4n) is 3.71. The van der Waals surface area contributed by atoms with Crippen LogP contribution in [0.4, 0.5) is 4.79 Å². The smallest absolute Gasteiger partial charge is 0.317 e. The van der Waals surface area contributed by atoms with Crippen molar-refractivity contribution >= 4 is 6.03 Å². The van der Waals surface area contributed by atoms with Crippen molar-refractivity contribution in [3.63, 3.8) is 0 Å². The molecule has 23 heavy (non-hydrogen) atoms. The number of nitrogens with zero attached hydrogens (tertiary/aromatic N) is 3. The highest BCUT2D eigenvalue weighted by Gasteiger charge is 2.25. The summed E-state index contributed by atoms with van der Waals surface area (Å²) in [6, 6.07) is 0.195. The average molecular weight is 320 g/mol. The van der Waals surface area contributed by atoms with E-state index >= 15 is 0 Å². The van der Waals surface area contributed by atoms with E-state index in [-0.39, 0.29) is 18.7 Å². The Morgan fingerprint density at radius 3 is 3.00 bits per heavy atom. The molecular weight excluding hydrogens is 292 g/mol. The van der Waals surface area contributed by atoms with Gasteiger partial charge >= 0.3 is 6.03 Å². The van der Waals surface area contributed by atoms with E-state index in [0.717, 1.165) is 50.9 Å². The second-order valence-corrected chi connectivity index (χ2v) is 6.64. The van der Waals surface area contributed by atoms with Gasteiger partial charge in [0.25, 0.3) is 0 Å². The number of urea groups is 1. The van der Waals surface area contributed by atoms with E-state index in [1.165, 1.54) is 18.7 Å². The van der Waals surface area contributed by atoms with Crippen LogP contribution in [0.15, 0.2) is 6.20 Å². The zero-order chi connectivity index (χ0) is 16.1. The standard InChI is InChI=1S/C17H28N4O2/c22-12-8-15-5-1-4-11-21(15)17(23)18-9-7-14-13-20-10-3-2-6-16(20)19-14/h13,15,22H,1-12H2,(H,18,23). The highest BCUT2D eigenvalue weighted by atomic mass is 16.3. The van der Waals surface area contributed by atoms with Crippen molar-refractivity contribution in [1.82, 2.24) is 19.8 Å². The first-order chi connectivity index (χ1) is 11.3. The fraction of sp³-hybridized carbons (Fsp3) is 0.765. The van der Waals surface area contributed by atoms with E-state index < -0.39 is 0 Å². The minimum atomic E-state index is 0.00659. The van der Waals surface area contributed by atoms with Gasteiger partial charge in [-0.3, -0.25) is 0 Å². The number of aliphatic hydroxyl groups excluding tert-OH is 1. The minimum Gasteiger partial charge on any atom is -0.396 e. The predicted octanol–water partition coefficient (Wildman–Crippen LogP) is 1.71. The molecule has 1 saturated heterocycles. The Morgan fingerprint density at radius 2 is 2.17 bits per heavy atom. The normalized spacial score (nSPS) is 21.1. The molecule has 6 heteroatoms. The summed E-state index contributed by atoms with van der Waals surface area (Å²) in [5, 5.41) is 12.2. The molecule has 1 unspecified atom stereocenters. The van der Waals surface area contributed by atoms with E-state index in [4.69, 9.17) is 5.11 Å². The molecule has 0 radical (unpaired) electrons. The third-order valence-electron chi connectivity index (χ3n) is 4.97. The van der Waals surface area contributed by atoms with Crippen LogP contribution in [0.1, 0.15) is 50.0 Å². The zero-order valence-corrected chi connectivity index (χ0v) is 13.8. The Morgan fingerprint density at radius 1 is 1.30 bits per heavy atom. The lowest BCUT2D eigenvalue weighted by molar-refractivity contribution is 0.132. The number of hydrogen-bond donors (Lipinski definition) is 2. The number of imidazole rings is 1. The van der Waals surface area contributed by atoms with E-state index in [2.05, 4.69) is 21.1 Å². The van der Waals surface area contributed by atoms with Gasteiger partial charge in [-0.15, -0.1) is 0 Å². The molecule has 1 aromatic heterocycles. The van der Waals surface area contributed by atoms with E-state index in [1.54, 1.807) is 0 Å². The second kappa shape index (κ2) is 7.81. The van der Waals surface area contributed by atoms with Crippen LogP contribution in [0.3, 0.4) is 0 Å². The molecule has 2 amide bonds.